The molecule has 1 aromatic carbocycles. The van der Waals surface area contributed by atoms with Gasteiger partial charge in [-0.2, -0.15) is 5.10 Å². The van der Waals surface area contributed by atoms with Crippen molar-refractivity contribution in [1.29, 1.82) is 0 Å². The number of amides is 1. The van der Waals surface area contributed by atoms with Crippen molar-refractivity contribution in [1.82, 2.24) is 14.7 Å². The van der Waals surface area contributed by atoms with E-state index in [-0.39, 0.29) is 5.91 Å². The molecule has 2 N–H and O–H groups in total. The molecule has 104 valence electrons. The predicted octanol–water partition coefficient (Wildman–Crippen LogP) is 1.04. The molecule has 1 aliphatic heterocycles. The number of para-hydroxylation sites is 1. The summed E-state index contributed by atoms with van der Waals surface area (Å²) in [6.45, 7) is 1.52. The molecule has 0 spiro atoms. The number of aromatic nitrogens is 2. The van der Waals surface area contributed by atoms with Crippen LogP contribution in [-0.4, -0.2) is 33.7 Å². The number of fused-ring (bicyclic) bond motifs is 1. The zero-order valence-electron chi connectivity index (χ0n) is 11.2. The highest BCUT2D eigenvalue weighted by Gasteiger charge is 2.23. The first kappa shape index (κ1) is 12.5. The first-order valence-electron chi connectivity index (χ1n) is 6.44. The largest absolute Gasteiger partial charge is 0.491 e. The summed E-state index contributed by atoms with van der Waals surface area (Å²) in [7, 11) is 1.72. The molecule has 6 heteroatoms. The second-order valence-electron chi connectivity index (χ2n) is 4.75. The van der Waals surface area contributed by atoms with Gasteiger partial charge in [0, 0.05) is 19.2 Å². The molecule has 0 unspecified atom stereocenters. The van der Waals surface area contributed by atoms with E-state index in [0.717, 1.165) is 11.3 Å². The SMILES string of the molecule is Cn1ncc(C(=O)N2CCOc3ccccc3C2)c1N. The maximum absolute atomic E-state index is 12.5. The van der Waals surface area contributed by atoms with Crippen molar-refractivity contribution in [3.8, 4) is 5.75 Å². The van der Waals surface area contributed by atoms with Crippen LogP contribution in [0.25, 0.3) is 0 Å². The topological polar surface area (TPSA) is 73.4 Å². The quantitative estimate of drug-likeness (QED) is 0.841. The molecule has 3 rings (SSSR count). The number of carbonyl (C=O) groups is 1. The Balaban J connectivity index is 1.88. The summed E-state index contributed by atoms with van der Waals surface area (Å²) in [5.41, 5.74) is 7.30. The van der Waals surface area contributed by atoms with Gasteiger partial charge in [-0.05, 0) is 6.07 Å². The van der Waals surface area contributed by atoms with Gasteiger partial charge in [-0.15, -0.1) is 0 Å². The number of hydrogen-bond acceptors (Lipinski definition) is 4. The highest BCUT2D eigenvalue weighted by atomic mass is 16.5. The average molecular weight is 272 g/mol. The van der Waals surface area contributed by atoms with Crippen molar-refractivity contribution in [2.45, 2.75) is 6.54 Å². The van der Waals surface area contributed by atoms with Crippen LogP contribution in [-0.2, 0) is 13.6 Å². The molecule has 1 aliphatic rings. The van der Waals surface area contributed by atoms with E-state index in [1.54, 1.807) is 11.9 Å². The Morgan fingerprint density at radius 1 is 1.40 bits per heavy atom. The molecule has 6 nitrogen and oxygen atoms in total. The van der Waals surface area contributed by atoms with Crippen LogP contribution in [0.4, 0.5) is 5.82 Å². The Labute approximate surface area is 116 Å². The maximum Gasteiger partial charge on any atom is 0.259 e. The Morgan fingerprint density at radius 3 is 2.95 bits per heavy atom. The van der Waals surface area contributed by atoms with Crippen molar-refractivity contribution < 1.29 is 9.53 Å². The molecule has 0 bridgehead atoms. The summed E-state index contributed by atoms with van der Waals surface area (Å²) in [5.74, 6) is 1.10. The van der Waals surface area contributed by atoms with Gasteiger partial charge >= 0.3 is 0 Å². The van der Waals surface area contributed by atoms with E-state index in [4.69, 9.17) is 10.5 Å². The second-order valence-corrected chi connectivity index (χ2v) is 4.75. The number of nitrogens with two attached hydrogens (primary N) is 1. The Bertz CT molecular complexity index is 650. The lowest BCUT2D eigenvalue weighted by molar-refractivity contribution is 0.0734. The molecule has 0 aliphatic carbocycles. The van der Waals surface area contributed by atoms with E-state index < -0.39 is 0 Å². The van der Waals surface area contributed by atoms with Gasteiger partial charge in [0.2, 0.25) is 0 Å². The number of aryl methyl sites for hydroxylation is 1. The van der Waals surface area contributed by atoms with E-state index in [1.165, 1.54) is 10.9 Å². The Hall–Kier alpha value is -2.50. The lowest BCUT2D eigenvalue weighted by Crippen LogP contribution is -2.32. The lowest BCUT2D eigenvalue weighted by atomic mass is 10.2. The highest BCUT2D eigenvalue weighted by Crippen LogP contribution is 2.24. The van der Waals surface area contributed by atoms with Crippen molar-refractivity contribution in [3.05, 3.63) is 41.6 Å². The molecular formula is C14H16N4O2. The summed E-state index contributed by atoms with van der Waals surface area (Å²) < 4.78 is 7.15. The van der Waals surface area contributed by atoms with Crippen LogP contribution in [0.2, 0.25) is 0 Å². The normalized spacial score (nSPS) is 14.3. The van der Waals surface area contributed by atoms with Gasteiger partial charge in [-0.3, -0.25) is 9.48 Å². The fourth-order valence-electron chi connectivity index (χ4n) is 2.28. The standard InChI is InChI=1S/C14H16N4O2/c1-17-13(15)11(8-16-17)14(19)18-6-7-20-12-5-3-2-4-10(12)9-18/h2-5,8H,6-7,9,15H2,1H3. The number of nitrogens with zero attached hydrogens (tertiary/aromatic N) is 3. The number of carbonyl (C=O) groups excluding carboxylic acids is 1. The minimum atomic E-state index is -0.115. The fourth-order valence-corrected chi connectivity index (χ4v) is 2.28. The summed E-state index contributed by atoms with van der Waals surface area (Å²) in [4.78, 5) is 14.3. The Kier molecular flexibility index (Phi) is 3.06. The van der Waals surface area contributed by atoms with Gasteiger partial charge in [0.15, 0.2) is 0 Å². The van der Waals surface area contributed by atoms with Gasteiger partial charge in [-0.1, -0.05) is 18.2 Å². The number of ether oxygens (including phenoxy) is 1. The van der Waals surface area contributed by atoms with E-state index in [0.29, 0.717) is 31.1 Å². The van der Waals surface area contributed by atoms with Crippen LogP contribution in [0.15, 0.2) is 30.5 Å². The minimum absolute atomic E-state index is 0.115. The molecule has 2 heterocycles. The van der Waals surface area contributed by atoms with Gasteiger partial charge in [0.25, 0.3) is 5.91 Å². The Morgan fingerprint density at radius 2 is 2.20 bits per heavy atom. The summed E-state index contributed by atoms with van der Waals surface area (Å²) in [5, 5.41) is 4.01. The van der Waals surface area contributed by atoms with Gasteiger partial charge in [0.05, 0.1) is 12.7 Å². The van der Waals surface area contributed by atoms with E-state index in [9.17, 15) is 4.79 Å². The van der Waals surface area contributed by atoms with Crippen LogP contribution in [0.5, 0.6) is 5.75 Å². The summed E-state index contributed by atoms with van der Waals surface area (Å²) >= 11 is 0. The molecule has 2 aromatic rings. The van der Waals surface area contributed by atoms with Crippen molar-refractivity contribution >= 4 is 11.7 Å². The third kappa shape index (κ3) is 2.09. The smallest absolute Gasteiger partial charge is 0.259 e. The first-order valence-corrected chi connectivity index (χ1v) is 6.44. The number of benzene rings is 1. The maximum atomic E-state index is 12.5. The zero-order chi connectivity index (χ0) is 14.1. The predicted molar refractivity (Wildman–Crippen MR) is 74.3 cm³/mol. The van der Waals surface area contributed by atoms with Crippen LogP contribution < -0.4 is 10.5 Å². The number of hydrogen-bond donors (Lipinski definition) is 1. The molecule has 0 saturated heterocycles. The minimum Gasteiger partial charge on any atom is -0.491 e. The monoisotopic (exact) mass is 272 g/mol. The molecule has 0 fully saturated rings. The first-order chi connectivity index (χ1) is 9.66. The van der Waals surface area contributed by atoms with Gasteiger partial charge in [-0.25, -0.2) is 0 Å². The highest BCUT2D eigenvalue weighted by molar-refractivity contribution is 5.98. The van der Waals surface area contributed by atoms with Crippen molar-refractivity contribution in [3.63, 3.8) is 0 Å². The van der Waals surface area contributed by atoms with Gasteiger partial charge in [0.1, 0.15) is 23.7 Å². The summed E-state index contributed by atoms with van der Waals surface area (Å²) in [6, 6.07) is 7.75. The second kappa shape index (κ2) is 4.88. The number of nitrogen functional groups attached to an aromatic ring is 1. The van der Waals surface area contributed by atoms with Gasteiger partial charge < -0.3 is 15.4 Å². The fraction of sp³-hybridized carbons (Fsp3) is 0.286. The average Bonchev–Trinajstić information content (AvgIpc) is 2.67. The lowest BCUT2D eigenvalue weighted by Gasteiger charge is -2.19. The van der Waals surface area contributed by atoms with E-state index >= 15 is 0 Å². The van der Waals surface area contributed by atoms with Crippen LogP contribution in [0, 0.1) is 0 Å². The molecule has 0 atom stereocenters. The molecule has 0 radical (unpaired) electrons. The molecule has 1 amide bonds. The van der Waals surface area contributed by atoms with Crippen LogP contribution in [0.3, 0.4) is 0 Å². The van der Waals surface area contributed by atoms with Crippen LogP contribution in [0.1, 0.15) is 15.9 Å². The van der Waals surface area contributed by atoms with E-state index in [1.807, 2.05) is 24.3 Å². The summed E-state index contributed by atoms with van der Waals surface area (Å²) in [6.07, 6.45) is 1.51. The third-order valence-electron chi connectivity index (χ3n) is 3.45. The van der Waals surface area contributed by atoms with E-state index in [2.05, 4.69) is 5.10 Å². The number of anilines is 1. The zero-order valence-corrected chi connectivity index (χ0v) is 11.2. The molecule has 20 heavy (non-hydrogen) atoms. The molecule has 1 aromatic heterocycles. The van der Waals surface area contributed by atoms with Crippen molar-refractivity contribution in [2.24, 2.45) is 7.05 Å². The molecular weight excluding hydrogens is 256 g/mol. The molecule has 0 saturated carbocycles. The van der Waals surface area contributed by atoms with Crippen LogP contribution >= 0.6 is 0 Å². The third-order valence-corrected chi connectivity index (χ3v) is 3.45. The number of rotatable bonds is 1. The van der Waals surface area contributed by atoms with Crippen molar-refractivity contribution in [2.75, 3.05) is 18.9 Å².